The van der Waals surface area contributed by atoms with Gasteiger partial charge in [-0.15, -0.1) is 0 Å². The number of ether oxygens (including phenoxy) is 2. The van der Waals surface area contributed by atoms with Crippen LogP contribution in [0.5, 0.6) is 5.75 Å². The number of nitrogens with one attached hydrogen (secondary N) is 1. The minimum Gasteiger partial charge on any atom is -0.489 e. The Morgan fingerprint density at radius 3 is 2.81 bits per heavy atom. The zero-order valence-electron chi connectivity index (χ0n) is 13.1. The van der Waals surface area contributed by atoms with Crippen LogP contribution in [0.3, 0.4) is 0 Å². The Kier molecular flexibility index (Phi) is 5.23. The van der Waals surface area contributed by atoms with Crippen LogP contribution in [0.1, 0.15) is 32.3 Å². The molecule has 1 amide bonds. The summed E-state index contributed by atoms with van der Waals surface area (Å²) in [4.78, 5) is 12.3. The fraction of sp³-hybridized carbons (Fsp3) is 0.588. The highest BCUT2D eigenvalue weighted by Crippen LogP contribution is 2.29. The predicted molar refractivity (Wildman–Crippen MR) is 82.4 cm³/mol. The summed E-state index contributed by atoms with van der Waals surface area (Å²) in [5, 5.41) is 3.01. The van der Waals surface area contributed by atoms with Crippen molar-refractivity contribution >= 4 is 5.91 Å². The molecule has 0 radical (unpaired) electrons. The van der Waals surface area contributed by atoms with Crippen LogP contribution in [-0.4, -0.2) is 31.8 Å². The number of aryl methyl sites for hydroxylation is 1. The van der Waals surface area contributed by atoms with Gasteiger partial charge in [-0.2, -0.15) is 0 Å². The van der Waals surface area contributed by atoms with Gasteiger partial charge in [-0.25, -0.2) is 0 Å². The van der Waals surface area contributed by atoms with Crippen molar-refractivity contribution < 1.29 is 14.3 Å². The molecule has 1 aliphatic rings. The van der Waals surface area contributed by atoms with E-state index in [1.54, 1.807) is 0 Å². The topological polar surface area (TPSA) is 47.6 Å². The van der Waals surface area contributed by atoms with E-state index < -0.39 is 0 Å². The van der Waals surface area contributed by atoms with E-state index in [4.69, 9.17) is 9.47 Å². The normalized spacial score (nSPS) is 18.8. The molecule has 4 heteroatoms. The highest BCUT2D eigenvalue weighted by Gasteiger charge is 2.35. The SMILES string of the molecule is Cc1cccc(O[C@H](C)CNC(=O)C2(C)CCOCC2)c1. The Labute approximate surface area is 126 Å². The lowest BCUT2D eigenvalue weighted by atomic mass is 9.81. The summed E-state index contributed by atoms with van der Waals surface area (Å²) in [7, 11) is 0. The first-order valence-electron chi connectivity index (χ1n) is 7.59. The van der Waals surface area contributed by atoms with Gasteiger partial charge in [-0.05, 0) is 44.4 Å². The number of amides is 1. The van der Waals surface area contributed by atoms with Crippen LogP contribution in [-0.2, 0) is 9.53 Å². The third-order valence-electron chi connectivity index (χ3n) is 4.02. The molecule has 2 rings (SSSR count). The molecule has 1 heterocycles. The molecule has 4 nitrogen and oxygen atoms in total. The molecule has 21 heavy (non-hydrogen) atoms. The summed E-state index contributed by atoms with van der Waals surface area (Å²) in [6.45, 7) is 7.86. The molecule has 1 aromatic carbocycles. The highest BCUT2D eigenvalue weighted by molar-refractivity contribution is 5.82. The molecule has 1 saturated heterocycles. The molecule has 1 fully saturated rings. The monoisotopic (exact) mass is 291 g/mol. The summed E-state index contributed by atoms with van der Waals surface area (Å²) >= 11 is 0. The molecular formula is C17H25NO3. The third kappa shape index (κ3) is 4.46. The second-order valence-corrected chi connectivity index (χ2v) is 6.13. The predicted octanol–water partition coefficient (Wildman–Crippen LogP) is 2.70. The molecule has 1 aliphatic heterocycles. The van der Waals surface area contributed by atoms with Crippen molar-refractivity contribution in [2.45, 2.75) is 39.7 Å². The molecule has 1 aromatic rings. The number of carbonyl (C=O) groups excluding carboxylic acids is 1. The van der Waals surface area contributed by atoms with Crippen LogP contribution < -0.4 is 10.1 Å². The van der Waals surface area contributed by atoms with E-state index in [1.807, 2.05) is 45.0 Å². The van der Waals surface area contributed by atoms with Gasteiger partial charge < -0.3 is 14.8 Å². The molecule has 1 N–H and O–H groups in total. The average molecular weight is 291 g/mol. The van der Waals surface area contributed by atoms with Crippen LogP contribution in [0.2, 0.25) is 0 Å². The van der Waals surface area contributed by atoms with Gasteiger partial charge in [0.2, 0.25) is 5.91 Å². The van der Waals surface area contributed by atoms with Gasteiger partial charge in [0.05, 0.1) is 12.0 Å². The lowest BCUT2D eigenvalue weighted by molar-refractivity contribution is -0.135. The second kappa shape index (κ2) is 6.94. The quantitative estimate of drug-likeness (QED) is 0.907. The molecule has 116 valence electrons. The van der Waals surface area contributed by atoms with Crippen molar-refractivity contribution in [1.82, 2.24) is 5.32 Å². The van der Waals surface area contributed by atoms with Crippen molar-refractivity contribution in [2.75, 3.05) is 19.8 Å². The Morgan fingerprint density at radius 2 is 2.14 bits per heavy atom. The fourth-order valence-corrected chi connectivity index (χ4v) is 2.46. The van der Waals surface area contributed by atoms with Crippen LogP contribution in [0.15, 0.2) is 24.3 Å². The van der Waals surface area contributed by atoms with Gasteiger partial charge >= 0.3 is 0 Å². The van der Waals surface area contributed by atoms with Crippen LogP contribution in [0, 0.1) is 12.3 Å². The Hall–Kier alpha value is -1.55. The molecule has 0 unspecified atom stereocenters. The molecule has 0 spiro atoms. The molecule has 1 atom stereocenters. The molecule has 0 aromatic heterocycles. The maximum atomic E-state index is 12.3. The lowest BCUT2D eigenvalue weighted by Crippen LogP contribution is -2.45. The zero-order chi connectivity index (χ0) is 15.3. The fourth-order valence-electron chi connectivity index (χ4n) is 2.46. The Balaban J connectivity index is 1.80. The second-order valence-electron chi connectivity index (χ2n) is 6.13. The highest BCUT2D eigenvalue weighted by atomic mass is 16.5. The maximum absolute atomic E-state index is 12.3. The van der Waals surface area contributed by atoms with E-state index in [0.29, 0.717) is 19.8 Å². The number of hydrogen-bond donors (Lipinski definition) is 1. The van der Waals surface area contributed by atoms with Gasteiger partial charge in [0, 0.05) is 13.2 Å². The largest absolute Gasteiger partial charge is 0.489 e. The Morgan fingerprint density at radius 1 is 1.43 bits per heavy atom. The number of hydrogen-bond acceptors (Lipinski definition) is 3. The smallest absolute Gasteiger partial charge is 0.226 e. The van der Waals surface area contributed by atoms with Crippen molar-refractivity contribution in [3.63, 3.8) is 0 Å². The van der Waals surface area contributed by atoms with Gasteiger partial charge in [0.15, 0.2) is 0 Å². The van der Waals surface area contributed by atoms with E-state index in [1.165, 1.54) is 5.56 Å². The minimum absolute atomic E-state index is 0.0563. The first kappa shape index (κ1) is 15.8. The molecular weight excluding hydrogens is 266 g/mol. The van der Waals surface area contributed by atoms with Gasteiger partial charge in [0.1, 0.15) is 11.9 Å². The Bertz CT molecular complexity index is 481. The summed E-state index contributed by atoms with van der Waals surface area (Å²) in [5.74, 6) is 0.944. The van der Waals surface area contributed by atoms with E-state index >= 15 is 0 Å². The summed E-state index contributed by atoms with van der Waals surface area (Å²) in [6.07, 6.45) is 1.51. The van der Waals surface area contributed by atoms with Crippen molar-refractivity contribution in [1.29, 1.82) is 0 Å². The van der Waals surface area contributed by atoms with Gasteiger partial charge in [0.25, 0.3) is 0 Å². The van der Waals surface area contributed by atoms with E-state index in [-0.39, 0.29) is 17.4 Å². The third-order valence-corrected chi connectivity index (χ3v) is 4.02. The summed E-state index contributed by atoms with van der Waals surface area (Å²) in [5.41, 5.74) is 0.861. The zero-order valence-corrected chi connectivity index (χ0v) is 13.1. The number of rotatable bonds is 5. The van der Waals surface area contributed by atoms with E-state index in [9.17, 15) is 4.79 Å². The standard InChI is InChI=1S/C17H25NO3/c1-13-5-4-6-15(11-13)21-14(2)12-18-16(19)17(3)7-9-20-10-8-17/h4-6,11,14H,7-10,12H2,1-3H3,(H,18,19)/t14-/m1/s1. The van der Waals surface area contributed by atoms with Gasteiger partial charge in [-0.3, -0.25) is 4.79 Å². The summed E-state index contributed by atoms with van der Waals surface area (Å²) in [6, 6.07) is 7.94. The van der Waals surface area contributed by atoms with Crippen molar-refractivity contribution in [3.8, 4) is 5.75 Å². The summed E-state index contributed by atoms with van der Waals surface area (Å²) < 4.78 is 11.2. The maximum Gasteiger partial charge on any atom is 0.226 e. The van der Waals surface area contributed by atoms with Crippen molar-refractivity contribution in [3.05, 3.63) is 29.8 Å². The van der Waals surface area contributed by atoms with Crippen LogP contribution >= 0.6 is 0 Å². The van der Waals surface area contributed by atoms with E-state index in [2.05, 4.69) is 5.32 Å². The van der Waals surface area contributed by atoms with Crippen LogP contribution in [0.25, 0.3) is 0 Å². The molecule has 0 aliphatic carbocycles. The number of carbonyl (C=O) groups is 1. The lowest BCUT2D eigenvalue weighted by Gasteiger charge is -2.32. The first-order chi connectivity index (χ1) is 9.99. The minimum atomic E-state index is -0.304. The first-order valence-corrected chi connectivity index (χ1v) is 7.59. The number of benzene rings is 1. The van der Waals surface area contributed by atoms with Gasteiger partial charge in [-0.1, -0.05) is 19.1 Å². The van der Waals surface area contributed by atoms with E-state index in [0.717, 1.165) is 18.6 Å². The van der Waals surface area contributed by atoms with Crippen molar-refractivity contribution in [2.24, 2.45) is 5.41 Å². The van der Waals surface area contributed by atoms with Crippen LogP contribution in [0.4, 0.5) is 0 Å². The average Bonchev–Trinajstić information content (AvgIpc) is 2.45. The molecule has 0 saturated carbocycles. The molecule has 0 bridgehead atoms.